The normalized spacial score (nSPS) is 15.4. The van der Waals surface area contributed by atoms with Crippen LogP contribution in [0.3, 0.4) is 0 Å². The average molecular weight is 400 g/mol. The van der Waals surface area contributed by atoms with Crippen LogP contribution in [-0.4, -0.2) is 56.0 Å². The number of nitrogens with zero attached hydrogens (tertiary/aromatic N) is 5. The Labute approximate surface area is 167 Å². The molecule has 1 amide bonds. The van der Waals surface area contributed by atoms with E-state index in [1.54, 1.807) is 27.5 Å². The van der Waals surface area contributed by atoms with Gasteiger partial charge in [-0.15, -0.1) is 11.3 Å². The minimum absolute atomic E-state index is 0.0000284. The number of hydrogen-bond acceptors (Lipinski definition) is 5. The number of amides is 1. The van der Waals surface area contributed by atoms with Crippen molar-refractivity contribution < 1.29 is 4.79 Å². The van der Waals surface area contributed by atoms with Crippen molar-refractivity contribution in [2.24, 2.45) is 7.05 Å². The molecule has 2 aromatic heterocycles. The van der Waals surface area contributed by atoms with Crippen LogP contribution in [0, 0.1) is 0 Å². The molecule has 28 heavy (non-hydrogen) atoms. The lowest BCUT2D eigenvalue weighted by molar-refractivity contribution is -0.133. The third kappa shape index (κ3) is 3.62. The van der Waals surface area contributed by atoms with Crippen molar-refractivity contribution in [2.45, 2.75) is 26.4 Å². The Balaban J connectivity index is 1.38. The van der Waals surface area contributed by atoms with Crippen molar-refractivity contribution in [3.05, 3.63) is 50.8 Å². The van der Waals surface area contributed by atoms with Gasteiger partial charge in [0.25, 0.3) is 0 Å². The monoisotopic (exact) mass is 399 g/mol. The molecule has 1 fully saturated rings. The van der Waals surface area contributed by atoms with E-state index in [0.717, 1.165) is 42.8 Å². The van der Waals surface area contributed by atoms with Gasteiger partial charge in [0, 0.05) is 45.2 Å². The second-order valence-corrected chi connectivity index (χ2v) is 8.10. The van der Waals surface area contributed by atoms with Crippen LogP contribution < -0.4 is 5.69 Å². The maximum atomic E-state index is 12.8. The number of hydrogen-bond donors (Lipinski definition) is 0. The summed E-state index contributed by atoms with van der Waals surface area (Å²) >= 11 is 1.71. The van der Waals surface area contributed by atoms with Crippen molar-refractivity contribution in [3.8, 4) is 0 Å². The first kappa shape index (κ1) is 18.9. The smallest absolute Gasteiger partial charge is 0.329 e. The number of benzene rings is 1. The molecule has 3 aromatic rings. The van der Waals surface area contributed by atoms with E-state index in [2.05, 4.69) is 22.2 Å². The number of aryl methyl sites for hydroxylation is 2. The van der Waals surface area contributed by atoms with Crippen LogP contribution in [0.25, 0.3) is 11.0 Å². The van der Waals surface area contributed by atoms with E-state index in [1.165, 1.54) is 5.01 Å². The Bertz CT molecular complexity index is 1040. The number of fused-ring (bicyclic) bond motifs is 1. The van der Waals surface area contributed by atoms with Gasteiger partial charge in [-0.1, -0.05) is 19.1 Å². The summed E-state index contributed by atoms with van der Waals surface area (Å²) in [6.07, 6.45) is 0.973. The summed E-state index contributed by atoms with van der Waals surface area (Å²) in [5.41, 5.74) is 2.62. The van der Waals surface area contributed by atoms with Gasteiger partial charge in [-0.3, -0.25) is 18.8 Å². The molecule has 0 unspecified atom stereocenters. The van der Waals surface area contributed by atoms with E-state index in [-0.39, 0.29) is 18.1 Å². The molecule has 1 aromatic carbocycles. The molecule has 0 atom stereocenters. The molecule has 148 valence electrons. The van der Waals surface area contributed by atoms with Crippen LogP contribution >= 0.6 is 11.3 Å². The van der Waals surface area contributed by atoms with E-state index in [1.807, 2.05) is 29.2 Å². The Hall–Kier alpha value is -2.45. The van der Waals surface area contributed by atoms with E-state index >= 15 is 0 Å². The first-order valence-electron chi connectivity index (χ1n) is 9.64. The van der Waals surface area contributed by atoms with E-state index in [4.69, 9.17) is 0 Å². The molecule has 0 spiro atoms. The van der Waals surface area contributed by atoms with Crippen molar-refractivity contribution in [2.75, 3.05) is 26.2 Å². The highest BCUT2D eigenvalue weighted by Gasteiger charge is 2.23. The third-order valence-electron chi connectivity index (χ3n) is 5.36. The van der Waals surface area contributed by atoms with Crippen molar-refractivity contribution in [1.82, 2.24) is 23.9 Å². The molecule has 3 heterocycles. The van der Waals surface area contributed by atoms with Crippen LogP contribution in [-0.2, 0) is 31.4 Å². The lowest BCUT2D eigenvalue weighted by atomic mass is 10.3. The third-order valence-corrected chi connectivity index (χ3v) is 6.40. The maximum absolute atomic E-state index is 12.8. The number of carbonyl (C=O) groups excluding carboxylic acids is 1. The first-order valence-corrected chi connectivity index (χ1v) is 10.5. The summed E-state index contributed by atoms with van der Waals surface area (Å²) in [5, 5.41) is 3.30. The van der Waals surface area contributed by atoms with E-state index < -0.39 is 0 Å². The van der Waals surface area contributed by atoms with Crippen LogP contribution in [0.2, 0.25) is 0 Å². The molecule has 1 saturated heterocycles. The predicted molar refractivity (Wildman–Crippen MR) is 111 cm³/mol. The minimum Gasteiger partial charge on any atom is -0.339 e. The molecule has 0 radical (unpaired) electrons. The molecule has 0 bridgehead atoms. The largest absolute Gasteiger partial charge is 0.339 e. The molecule has 0 N–H and O–H groups in total. The van der Waals surface area contributed by atoms with Gasteiger partial charge >= 0.3 is 5.69 Å². The number of piperazine rings is 1. The number of rotatable bonds is 5. The van der Waals surface area contributed by atoms with Crippen LogP contribution in [0.1, 0.15) is 17.6 Å². The lowest BCUT2D eigenvalue weighted by Gasteiger charge is -2.34. The van der Waals surface area contributed by atoms with Crippen LogP contribution in [0.4, 0.5) is 0 Å². The summed E-state index contributed by atoms with van der Waals surface area (Å²) in [6.45, 7) is 6.07. The van der Waals surface area contributed by atoms with Crippen LogP contribution in [0.5, 0.6) is 0 Å². The quantitative estimate of drug-likeness (QED) is 0.655. The Morgan fingerprint density at radius 1 is 1.14 bits per heavy atom. The van der Waals surface area contributed by atoms with E-state index in [9.17, 15) is 9.59 Å². The zero-order chi connectivity index (χ0) is 19.7. The molecule has 1 aliphatic heterocycles. The first-order chi connectivity index (χ1) is 13.6. The number of imidazole rings is 1. The average Bonchev–Trinajstić information content (AvgIpc) is 3.27. The number of aromatic nitrogens is 3. The molecule has 4 rings (SSSR count). The summed E-state index contributed by atoms with van der Waals surface area (Å²) < 4.78 is 3.17. The topological polar surface area (TPSA) is 63.4 Å². The summed E-state index contributed by atoms with van der Waals surface area (Å²) in [5.74, 6) is 0.0000284. The van der Waals surface area contributed by atoms with Gasteiger partial charge < -0.3 is 4.90 Å². The standard InChI is InChI=1S/C20H25N5O2S/c1-3-18-21-15(14-28-18)12-23-8-10-24(11-9-23)19(26)13-25-17-7-5-4-6-16(17)22(2)20(25)27/h4-7,14H,3,8-13H2,1-2H3. The molecular formula is C20H25N5O2S. The number of carbonyl (C=O) groups is 1. The Kier molecular flexibility index (Phi) is 5.32. The predicted octanol–water partition coefficient (Wildman–Crippen LogP) is 1.70. The van der Waals surface area contributed by atoms with Gasteiger partial charge in [0.1, 0.15) is 6.54 Å². The number of thiazole rings is 1. The zero-order valence-corrected chi connectivity index (χ0v) is 17.1. The lowest BCUT2D eigenvalue weighted by Crippen LogP contribution is -2.49. The molecule has 7 nitrogen and oxygen atoms in total. The fourth-order valence-corrected chi connectivity index (χ4v) is 4.46. The highest BCUT2D eigenvalue weighted by molar-refractivity contribution is 7.09. The fourth-order valence-electron chi connectivity index (χ4n) is 3.72. The maximum Gasteiger partial charge on any atom is 0.329 e. The van der Waals surface area contributed by atoms with E-state index in [0.29, 0.717) is 13.1 Å². The van der Waals surface area contributed by atoms with Gasteiger partial charge in [0.2, 0.25) is 5.91 Å². The highest BCUT2D eigenvalue weighted by atomic mass is 32.1. The van der Waals surface area contributed by atoms with Crippen molar-refractivity contribution in [1.29, 1.82) is 0 Å². The summed E-state index contributed by atoms with van der Waals surface area (Å²) in [4.78, 5) is 34.2. The molecule has 0 aliphatic carbocycles. The van der Waals surface area contributed by atoms with Gasteiger partial charge in [-0.25, -0.2) is 9.78 Å². The van der Waals surface area contributed by atoms with Gasteiger partial charge in [-0.2, -0.15) is 0 Å². The van der Waals surface area contributed by atoms with Crippen molar-refractivity contribution in [3.63, 3.8) is 0 Å². The zero-order valence-electron chi connectivity index (χ0n) is 16.3. The molecule has 8 heteroatoms. The second-order valence-electron chi connectivity index (χ2n) is 7.16. The summed E-state index contributed by atoms with van der Waals surface area (Å²) in [6, 6.07) is 7.59. The second kappa shape index (κ2) is 7.89. The Morgan fingerprint density at radius 2 is 1.86 bits per heavy atom. The van der Waals surface area contributed by atoms with Crippen molar-refractivity contribution >= 4 is 28.3 Å². The van der Waals surface area contributed by atoms with Gasteiger partial charge in [0.15, 0.2) is 0 Å². The number of para-hydroxylation sites is 2. The molecule has 1 aliphatic rings. The SMILES string of the molecule is CCc1nc(CN2CCN(C(=O)Cn3c(=O)n(C)c4ccccc43)CC2)cs1. The molecule has 0 saturated carbocycles. The summed E-state index contributed by atoms with van der Waals surface area (Å²) in [7, 11) is 1.74. The fraction of sp³-hybridized carbons (Fsp3) is 0.450. The van der Waals surface area contributed by atoms with Crippen LogP contribution in [0.15, 0.2) is 34.4 Å². The van der Waals surface area contributed by atoms with Gasteiger partial charge in [-0.05, 0) is 18.6 Å². The Morgan fingerprint density at radius 3 is 2.54 bits per heavy atom. The minimum atomic E-state index is -0.150. The molecular weight excluding hydrogens is 374 g/mol. The highest BCUT2D eigenvalue weighted by Crippen LogP contribution is 2.15. The van der Waals surface area contributed by atoms with Gasteiger partial charge in [0.05, 0.1) is 21.7 Å².